The van der Waals surface area contributed by atoms with Crippen LogP contribution in [0.2, 0.25) is 5.15 Å². The van der Waals surface area contributed by atoms with E-state index in [1.54, 1.807) is 0 Å². The molecule has 0 atom stereocenters. The topological polar surface area (TPSA) is 80.2 Å². The van der Waals surface area contributed by atoms with Crippen molar-refractivity contribution in [1.29, 1.82) is 0 Å². The number of nitrogens with zero attached hydrogens (tertiary/aromatic N) is 2. The van der Waals surface area contributed by atoms with Gasteiger partial charge in [0.1, 0.15) is 0 Å². The molecule has 0 fully saturated rings. The van der Waals surface area contributed by atoms with Crippen molar-refractivity contribution in [2.24, 2.45) is 0 Å². The summed E-state index contributed by atoms with van der Waals surface area (Å²) in [6.07, 6.45) is 2.34. The number of aromatic nitrogens is 2. The molecule has 0 spiro atoms. The van der Waals surface area contributed by atoms with Gasteiger partial charge in [-0.05, 0) is 0 Å². The van der Waals surface area contributed by atoms with Gasteiger partial charge in [0.15, 0.2) is 5.15 Å². The van der Waals surface area contributed by atoms with Crippen LogP contribution in [0.4, 0.5) is 0 Å². The van der Waals surface area contributed by atoms with E-state index in [1.165, 1.54) is 6.20 Å². The first-order chi connectivity index (χ1) is 5.02. The van der Waals surface area contributed by atoms with Crippen LogP contribution in [-0.4, -0.2) is 22.9 Å². The number of rotatable bonds is 1. The van der Waals surface area contributed by atoms with Crippen LogP contribution in [0.3, 0.4) is 0 Å². The number of hydrogen-bond donors (Lipinski definition) is 1. The molecule has 0 saturated heterocycles. The van der Waals surface area contributed by atoms with Crippen molar-refractivity contribution in [2.75, 3.05) is 0 Å². The predicted molar refractivity (Wildman–Crippen MR) is 38.0 cm³/mol. The molecule has 1 rings (SSSR count). The molecule has 0 aliphatic carbocycles. The maximum absolute atomic E-state index is 10.4. The summed E-state index contributed by atoms with van der Waals surface area (Å²) >= 11 is 5.30. The normalized spacial score (nSPS) is 10.5. The second-order valence-electron chi connectivity index (χ2n) is 1.63. The van der Waals surface area contributed by atoms with E-state index in [1.807, 2.05) is 0 Å². The first-order valence-electron chi connectivity index (χ1n) is 2.46. The molecule has 5 nitrogen and oxygen atoms in total. The van der Waals surface area contributed by atoms with Crippen LogP contribution in [0, 0.1) is 0 Å². The molecule has 0 aliphatic heterocycles. The molecule has 1 N–H and O–H groups in total. The van der Waals surface area contributed by atoms with Crippen molar-refractivity contribution in [2.45, 2.75) is 5.03 Å². The van der Waals surface area contributed by atoms with Gasteiger partial charge in [-0.15, -0.1) is 0 Å². The molecule has 1 heterocycles. The molecule has 0 radical (unpaired) electrons. The molecule has 0 unspecified atom stereocenters. The Morgan fingerprint density at radius 2 is 1.92 bits per heavy atom. The maximum Gasteiger partial charge on any atom is 1.00 e. The Balaban J connectivity index is 0. The van der Waals surface area contributed by atoms with Crippen molar-refractivity contribution < 1.29 is 33.3 Å². The minimum Gasteiger partial charge on any atom is -1.00 e. The number of hydrogen-bond acceptors (Lipinski definition) is 4. The zero-order valence-corrected chi connectivity index (χ0v) is 7.67. The van der Waals surface area contributed by atoms with Gasteiger partial charge in [0.2, 0.25) is 5.03 Å². The van der Waals surface area contributed by atoms with E-state index >= 15 is 0 Å². The van der Waals surface area contributed by atoms with Gasteiger partial charge in [-0.2, -0.15) is 8.42 Å². The van der Waals surface area contributed by atoms with Gasteiger partial charge in [-0.25, -0.2) is 9.97 Å². The molecule has 0 bridgehead atoms. The number of halogens is 1. The van der Waals surface area contributed by atoms with Crippen molar-refractivity contribution >= 4 is 21.7 Å². The largest absolute Gasteiger partial charge is 1.00 e. The Bertz CT molecular complexity index is 373. The maximum atomic E-state index is 10.4. The van der Waals surface area contributed by atoms with Gasteiger partial charge in [0, 0.05) is 12.4 Å². The Morgan fingerprint density at radius 3 is 2.25 bits per heavy atom. The van der Waals surface area contributed by atoms with Crippen molar-refractivity contribution in [3.8, 4) is 0 Å². The molecule has 62 valence electrons. The van der Waals surface area contributed by atoms with Gasteiger partial charge < -0.3 is 1.43 Å². The fourth-order valence-electron chi connectivity index (χ4n) is 0.481. The van der Waals surface area contributed by atoms with Crippen LogP contribution in [0.15, 0.2) is 17.4 Å². The zero-order chi connectivity index (χ0) is 8.48. The Kier molecular flexibility index (Phi) is 4.17. The van der Waals surface area contributed by atoms with Crippen LogP contribution >= 0.6 is 11.6 Å². The van der Waals surface area contributed by atoms with Gasteiger partial charge in [0.25, 0.3) is 0 Å². The monoisotopic (exact) mass is 202 g/mol. The summed E-state index contributed by atoms with van der Waals surface area (Å²) < 4.78 is 29.3. The summed E-state index contributed by atoms with van der Waals surface area (Å²) in [6.45, 7) is 0. The Morgan fingerprint density at radius 1 is 1.42 bits per heavy atom. The second kappa shape index (κ2) is 4.21. The predicted octanol–water partition coefficient (Wildman–Crippen LogP) is -2.51. The van der Waals surface area contributed by atoms with Crippen LogP contribution < -0.4 is 18.9 Å². The first kappa shape index (κ1) is 11.9. The van der Waals surface area contributed by atoms with Gasteiger partial charge >= 0.3 is 29.0 Å². The van der Waals surface area contributed by atoms with Crippen LogP contribution in [-0.2, 0) is 10.1 Å². The zero-order valence-electron chi connectivity index (χ0n) is 7.10. The molecular formula is C4H4ClLiN2O3S. The minimum atomic E-state index is -4.34. The van der Waals surface area contributed by atoms with E-state index in [2.05, 4.69) is 9.97 Å². The fraction of sp³-hybridized carbons (Fsp3) is 0. The minimum absolute atomic E-state index is 0. The van der Waals surface area contributed by atoms with E-state index in [4.69, 9.17) is 16.2 Å². The van der Waals surface area contributed by atoms with Gasteiger partial charge in [-0.3, -0.25) is 4.55 Å². The van der Waals surface area contributed by atoms with E-state index < -0.39 is 15.1 Å². The summed E-state index contributed by atoms with van der Waals surface area (Å²) in [5.41, 5.74) is 0. The van der Waals surface area contributed by atoms with Gasteiger partial charge in [0.05, 0.1) is 0 Å². The van der Waals surface area contributed by atoms with Crippen LogP contribution in [0.5, 0.6) is 0 Å². The van der Waals surface area contributed by atoms with E-state index in [-0.39, 0.29) is 25.4 Å². The van der Waals surface area contributed by atoms with Crippen molar-refractivity contribution in [1.82, 2.24) is 9.97 Å². The third-order valence-electron chi connectivity index (χ3n) is 0.867. The van der Waals surface area contributed by atoms with Crippen LogP contribution in [0.25, 0.3) is 0 Å². The Hall–Kier alpha value is -0.123. The SMILES string of the molecule is O=S(=O)(O)c1nccnc1Cl.[H-].[Li+]. The van der Waals surface area contributed by atoms with Crippen molar-refractivity contribution in [3.63, 3.8) is 0 Å². The van der Waals surface area contributed by atoms with Gasteiger partial charge in [-0.1, -0.05) is 11.6 Å². The fourth-order valence-corrected chi connectivity index (χ4v) is 1.34. The smallest absolute Gasteiger partial charge is 1.00 e. The molecule has 12 heavy (non-hydrogen) atoms. The summed E-state index contributed by atoms with van der Waals surface area (Å²) in [4.78, 5) is 6.73. The molecule has 8 heteroatoms. The molecular weight excluding hydrogens is 199 g/mol. The summed E-state index contributed by atoms with van der Waals surface area (Å²) in [5, 5.41) is -0.961. The standard InChI is InChI=1S/C4H3ClN2O3S.Li.H/c5-3-4(11(8,9)10)7-2-1-6-3;;/h1-2H,(H,8,9,10);;/q;+1;-1. The van der Waals surface area contributed by atoms with E-state index in [0.29, 0.717) is 0 Å². The average Bonchev–Trinajstić information content (AvgIpc) is 1.86. The molecule has 1 aromatic rings. The molecule has 0 amide bonds. The molecule has 0 aromatic carbocycles. The molecule has 1 aromatic heterocycles. The van der Waals surface area contributed by atoms with Crippen LogP contribution in [0.1, 0.15) is 1.43 Å². The molecule has 0 aliphatic rings. The van der Waals surface area contributed by atoms with E-state index in [9.17, 15) is 8.42 Å². The average molecular weight is 203 g/mol. The third kappa shape index (κ3) is 2.73. The van der Waals surface area contributed by atoms with E-state index in [0.717, 1.165) is 6.20 Å². The third-order valence-corrected chi connectivity index (χ3v) is 2.04. The summed E-state index contributed by atoms with van der Waals surface area (Å²) in [7, 11) is -4.34. The Labute approximate surface area is 87.6 Å². The second-order valence-corrected chi connectivity index (χ2v) is 3.32. The molecule has 0 saturated carbocycles. The summed E-state index contributed by atoms with van der Waals surface area (Å²) in [5.74, 6) is 0. The van der Waals surface area contributed by atoms with Crippen molar-refractivity contribution in [3.05, 3.63) is 17.5 Å². The summed E-state index contributed by atoms with van der Waals surface area (Å²) in [6, 6.07) is 0. The quantitative estimate of drug-likeness (QED) is 0.402. The first-order valence-corrected chi connectivity index (χ1v) is 4.27.